The highest BCUT2D eigenvalue weighted by atomic mass is 14.4. The van der Waals surface area contributed by atoms with E-state index in [1.165, 1.54) is 184 Å². The van der Waals surface area contributed by atoms with Crippen LogP contribution < -0.4 is 0 Å². The fraction of sp³-hybridized carbons (Fsp3) is 0.452. The summed E-state index contributed by atoms with van der Waals surface area (Å²) in [6, 6.07) is 58.9. The molecule has 0 saturated heterocycles. The number of benzene rings is 10. The van der Waals surface area contributed by atoms with Crippen LogP contribution in [-0.4, -0.2) is 0 Å². The van der Waals surface area contributed by atoms with Crippen LogP contribution >= 0.6 is 0 Å². The predicted octanol–water partition coefficient (Wildman–Crippen LogP) is 37.2. The summed E-state index contributed by atoms with van der Waals surface area (Å²) in [5.74, 6) is 0. The largest absolute Gasteiger partial charge is 0.0795 e. The van der Waals surface area contributed by atoms with E-state index in [1.807, 2.05) is 96.9 Å². The molecule has 0 saturated carbocycles. The lowest BCUT2D eigenvalue weighted by molar-refractivity contribution is 0.581. The van der Waals surface area contributed by atoms with Crippen LogP contribution in [0.1, 0.15) is 398 Å². The first kappa shape index (κ1) is 107. The SMILES string of the molecule is CC.CC.CC.CC.CC.CC.CC.Cc1c(C(C)(C)C)ccc2c1C=CC2.Cc1c(C(C)(C)C)ccc2c1CC=C2.Cc1cc2c(cc1C(C)(C)C)-c1ccccc1C2.Cc1cc2c(cc1C(C)(C)C)C=CC2.Cc1cc2c(cc1C(C)(C)C)CC=C2.Cc1ccc2c(c1C(C)(C)C)-c1ccccc1C2.Cc1ccc2c(c1C(C)(C)C)Cc1ccccc1-2. The molecule has 0 aliphatic heterocycles. The Morgan fingerprint density at radius 2 is 0.573 bits per heavy atom. The Kier molecular flexibility index (Phi) is 40.8. The maximum absolute atomic E-state index is 2.41. The average Bonchev–Trinajstić information content (AvgIpc) is 1.57. The Hall–Kier alpha value is -8.84. The lowest BCUT2D eigenvalue weighted by Gasteiger charge is -2.25. The highest BCUT2D eigenvalue weighted by molar-refractivity contribution is 5.83. The van der Waals surface area contributed by atoms with E-state index in [-0.39, 0.29) is 37.9 Å². The lowest BCUT2D eigenvalue weighted by atomic mass is 9.79. The molecule has 670 valence electrons. The van der Waals surface area contributed by atoms with Gasteiger partial charge in [-0.05, 0) is 320 Å². The first-order valence-electron chi connectivity index (χ1n) is 48.2. The number of hydrogen-bond acceptors (Lipinski definition) is 0. The van der Waals surface area contributed by atoms with Crippen molar-refractivity contribution >= 4 is 24.3 Å². The molecule has 0 amide bonds. The van der Waals surface area contributed by atoms with Crippen LogP contribution in [0.15, 0.2) is 182 Å². The number of rotatable bonds is 0. The fourth-order valence-electron chi connectivity index (χ4n) is 18.9. The van der Waals surface area contributed by atoms with Gasteiger partial charge in [-0.15, -0.1) is 0 Å². The summed E-state index contributed by atoms with van der Waals surface area (Å²) in [4.78, 5) is 0. The van der Waals surface area contributed by atoms with E-state index in [9.17, 15) is 0 Å². The molecule has 0 spiro atoms. The van der Waals surface area contributed by atoms with Crippen molar-refractivity contribution in [3.05, 3.63) is 338 Å². The van der Waals surface area contributed by atoms with Gasteiger partial charge in [-0.2, -0.15) is 0 Å². The van der Waals surface area contributed by atoms with E-state index >= 15 is 0 Å². The molecule has 0 atom stereocenters. The Bertz CT molecular complexity index is 5190. The molecule has 0 unspecified atom stereocenters. The number of aryl methyl sites for hydroxylation is 5. The number of hydrogen-bond donors (Lipinski definition) is 0. The van der Waals surface area contributed by atoms with Gasteiger partial charge in [0.1, 0.15) is 0 Å². The fourth-order valence-corrected chi connectivity index (χ4v) is 18.9. The van der Waals surface area contributed by atoms with E-state index < -0.39 is 0 Å². The third-order valence-electron chi connectivity index (χ3n) is 23.8. The molecule has 10 aromatic rings. The first-order valence-corrected chi connectivity index (χ1v) is 48.2. The minimum absolute atomic E-state index is 0.201. The summed E-state index contributed by atoms with van der Waals surface area (Å²) >= 11 is 0. The summed E-state index contributed by atoms with van der Waals surface area (Å²) in [6.45, 7) is 91.8. The van der Waals surface area contributed by atoms with E-state index in [0.29, 0.717) is 0 Å². The Morgan fingerprint density at radius 3 is 1.09 bits per heavy atom. The minimum atomic E-state index is 0.201. The van der Waals surface area contributed by atoms with Crippen molar-refractivity contribution in [3.8, 4) is 33.4 Å². The Balaban J connectivity index is 0.000000297. The van der Waals surface area contributed by atoms with Gasteiger partial charge < -0.3 is 0 Å². The van der Waals surface area contributed by atoms with Crippen molar-refractivity contribution in [2.24, 2.45) is 0 Å². The van der Waals surface area contributed by atoms with E-state index in [4.69, 9.17) is 0 Å². The van der Waals surface area contributed by atoms with Gasteiger partial charge in [-0.1, -0.05) is 449 Å². The van der Waals surface area contributed by atoms with Crippen LogP contribution in [0.5, 0.6) is 0 Å². The predicted molar refractivity (Wildman–Crippen MR) is 564 cm³/mol. The Morgan fingerprint density at radius 1 is 0.210 bits per heavy atom. The normalized spacial score (nSPS) is 12.7. The highest BCUT2D eigenvalue weighted by Crippen LogP contribution is 2.47. The molecule has 0 N–H and O–H groups in total. The van der Waals surface area contributed by atoms with E-state index in [1.54, 1.807) is 5.56 Å². The maximum atomic E-state index is 2.41. The molecule has 0 aromatic heterocycles. The van der Waals surface area contributed by atoms with Crippen LogP contribution in [0.3, 0.4) is 0 Å². The van der Waals surface area contributed by atoms with Crippen molar-refractivity contribution in [1.29, 1.82) is 0 Å². The summed E-state index contributed by atoms with van der Waals surface area (Å²) in [6.07, 6.45) is 25.7. The van der Waals surface area contributed by atoms with E-state index in [2.05, 4.69) is 400 Å². The van der Waals surface area contributed by atoms with Gasteiger partial charge >= 0.3 is 0 Å². The lowest BCUT2D eigenvalue weighted by Crippen LogP contribution is -2.16. The summed E-state index contributed by atoms with van der Waals surface area (Å²) in [5.41, 5.74) is 51.5. The molecular weight excluding hydrogens is 1490 g/mol. The zero-order valence-corrected chi connectivity index (χ0v) is 87.1. The molecule has 0 fully saturated rings. The summed E-state index contributed by atoms with van der Waals surface area (Å²) in [5, 5.41) is 0. The molecule has 7 aliphatic rings. The van der Waals surface area contributed by atoms with E-state index in [0.717, 1.165) is 44.9 Å². The minimum Gasteiger partial charge on any atom is -0.0795 e. The second-order valence-corrected chi connectivity index (χ2v) is 39.9. The van der Waals surface area contributed by atoms with Crippen molar-refractivity contribution in [1.82, 2.24) is 0 Å². The first-order chi connectivity index (χ1) is 58.4. The van der Waals surface area contributed by atoms with Crippen LogP contribution in [0.4, 0.5) is 0 Å². The molecule has 0 nitrogen and oxygen atoms in total. The van der Waals surface area contributed by atoms with Crippen LogP contribution in [0.25, 0.3) is 57.7 Å². The topological polar surface area (TPSA) is 0 Å². The highest BCUT2D eigenvalue weighted by Gasteiger charge is 2.31. The van der Waals surface area contributed by atoms with Crippen molar-refractivity contribution < 1.29 is 0 Å². The zero-order valence-electron chi connectivity index (χ0n) is 87.1. The molecule has 0 radical (unpaired) electrons. The monoisotopic (exact) mass is 1660 g/mol. The van der Waals surface area contributed by atoms with Gasteiger partial charge in [-0.25, -0.2) is 0 Å². The number of allylic oxidation sites excluding steroid dienone is 4. The van der Waals surface area contributed by atoms with Crippen molar-refractivity contribution in [3.63, 3.8) is 0 Å². The molecule has 124 heavy (non-hydrogen) atoms. The molecule has 0 heteroatoms. The summed E-state index contributed by atoms with van der Waals surface area (Å²) < 4.78 is 0. The molecular formula is C124H174. The zero-order chi connectivity index (χ0) is 94.1. The van der Waals surface area contributed by atoms with Gasteiger partial charge in [-0.3, -0.25) is 0 Å². The second-order valence-electron chi connectivity index (χ2n) is 39.9. The molecule has 0 heterocycles. The number of fused-ring (bicyclic) bond motifs is 13. The van der Waals surface area contributed by atoms with Gasteiger partial charge in [0.25, 0.3) is 0 Å². The van der Waals surface area contributed by atoms with Gasteiger partial charge in [0.05, 0.1) is 0 Å². The van der Waals surface area contributed by atoms with Crippen LogP contribution in [0.2, 0.25) is 0 Å². The third-order valence-corrected chi connectivity index (χ3v) is 23.8. The molecule has 7 aliphatic carbocycles. The van der Waals surface area contributed by atoms with Crippen LogP contribution in [0, 0.1) is 48.5 Å². The molecule has 10 aromatic carbocycles. The maximum Gasteiger partial charge on any atom is -0.00104 e. The van der Waals surface area contributed by atoms with Crippen molar-refractivity contribution in [2.45, 2.75) is 374 Å². The van der Waals surface area contributed by atoms with Crippen molar-refractivity contribution in [2.75, 3.05) is 0 Å². The molecule has 17 rings (SSSR count). The Labute approximate surface area is 764 Å². The van der Waals surface area contributed by atoms with Crippen LogP contribution in [-0.2, 0) is 82.9 Å². The van der Waals surface area contributed by atoms with Gasteiger partial charge in [0.15, 0.2) is 0 Å². The smallest absolute Gasteiger partial charge is 0.00104 e. The quantitative estimate of drug-likeness (QED) is 0.142. The average molecular weight is 1660 g/mol. The molecule has 0 bridgehead atoms. The summed E-state index contributed by atoms with van der Waals surface area (Å²) in [7, 11) is 0. The second kappa shape index (κ2) is 47.1. The standard InChI is InChI=1S/3C18H20.4C14H18.7C2H6/c1-12-9-14-10-13-7-5-6-8-15(13)16(14)11-17(12)18(2,3)4;1-12-9-10-14-11-13-7-5-6-8-15(13)16(14)17(12)18(2,3)4;1-12-9-10-15-14-8-6-5-7-13(14)11-16(15)17(12)18(2,3)4;2*1-10-8-11-6-5-7-12(11)9-13(10)14(2,3)4;2*1-10-12-7-5-6-11(12)8-9-13(10)14(2,3)4;7*1-2/h5-9,11H,10H2,1-4H3;2*5-10H,11H2,1-4H3;5,7-9H,6H2,1-4H3;5-6,8-9H,7H2,1-4H3;5,7-9H,6H2,1-4H3;5-6,8-9H,7H2,1-4H3;7*1-2H3. The third kappa shape index (κ3) is 26.9. The van der Waals surface area contributed by atoms with Gasteiger partial charge in [0, 0.05) is 0 Å². The van der Waals surface area contributed by atoms with Gasteiger partial charge in [0.2, 0.25) is 0 Å².